The van der Waals surface area contributed by atoms with Crippen LogP contribution in [0.5, 0.6) is 0 Å². The number of hydrogen-bond donors (Lipinski definition) is 0. The SMILES string of the molecule is O=C([O-])[O-].O=P([O-])([O-])[O-].[K+].[K+].[K+].[K+].[K+]. The molecule has 0 atom stereocenters. The van der Waals surface area contributed by atoms with Crippen molar-refractivity contribution in [3.63, 3.8) is 0 Å². The molecule has 0 N–H and O–H groups in total. The summed E-state index contributed by atoms with van der Waals surface area (Å²) in [6.07, 6.45) is -2.33. The molecule has 0 spiro atoms. The number of carboxylic acid groups (broad SMARTS) is 2. The largest absolute Gasteiger partial charge is 1.00 e. The summed E-state index contributed by atoms with van der Waals surface area (Å²) in [6, 6.07) is 0. The molecular weight excluding hydrogens is 350 g/mol. The van der Waals surface area contributed by atoms with E-state index >= 15 is 0 Å². The molecule has 7 nitrogen and oxygen atoms in total. The molecule has 0 heterocycles. The number of carbonyl (C=O) groups is 1. The fraction of sp³-hybridized carbons (Fsp3) is 0. The zero-order chi connectivity index (χ0) is 8.08. The standard InChI is InChI=1S/CH2O3.5K.H3O4P/c2-1(3)4;;;;;;1-5(2,3)4/h(H2,2,3,4);;;;;;(H3,1,2,3,4)/q;5*+1;/p-5. The molecule has 13 heteroatoms. The van der Waals surface area contributed by atoms with Crippen LogP contribution in [-0.4, -0.2) is 6.16 Å². The number of carbonyl (C=O) groups excluding carboxylic acids is 1. The summed E-state index contributed by atoms with van der Waals surface area (Å²) in [5.74, 6) is 0. The first-order chi connectivity index (χ1) is 3.73. The van der Waals surface area contributed by atoms with E-state index in [9.17, 15) is 0 Å². The average molecular weight is 350 g/mol. The molecule has 0 rings (SSSR count). The first kappa shape index (κ1) is 43.0. The second-order valence-corrected chi connectivity index (χ2v) is 1.59. The molecule has 0 aromatic heterocycles. The van der Waals surface area contributed by atoms with Gasteiger partial charge in [0.1, 0.15) is 0 Å². The first-order valence-electron chi connectivity index (χ1n) is 1.34. The Morgan fingerprint density at radius 2 is 0.786 bits per heavy atom. The van der Waals surface area contributed by atoms with Crippen molar-refractivity contribution in [2.75, 3.05) is 0 Å². The molecule has 56 valence electrons. The predicted octanol–water partition coefficient (Wildman–Crippen LogP) is -20.3. The zero-order valence-electron chi connectivity index (χ0n) is 8.80. The van der Waals surface area contributed by atoms with Gasteiger partial charge in [-0.25, -0.2) is 0 Å². The van der Waals surface area contributed by atoms with Gasteiger partial charge >= 0.3 is 257 Å². The zero-order valence-corrected chi connectivity index (χ0v) is 25.3. The summed E-state index contributed by atoms with van der Waals surface area (Å²) in [6.45, 7) is 0. The van der Waals surface area contributed by atoms with Crippen molar-refractivity contribution in [2.24, 2.45) is 0 Å². The minimum absolute atomic E-state index is 0. The van der Waals surface area contributed by atoms with Gasteiger partial charge < -0.3 is 34.3 Å². The van der Waals surface area contributed by atoms with Gasteiger partial charge in [0.2, 0.25) is 0 Å². The van der Waals surface area contributed by atoms with E-state index in [-0.39, 0.29) is 257 Å². The molecule has 0 aliphatic rings. The Morgan fingerprint density at radius 3 is 0.786 bits per heavy atom. The van der Waals surface area contributed by atoms with E-state index in [0.717, 1.165) is 0 Å². The third-order valence-corrected chi connectivity index (χ3v) is 0. The van der Waals surface area contributed by atoms with Gasteiger partial charge in [0.15, 0.2) is 0 Å². The Bertz CT molecular complexity index is 122. The molecule has 0 saturated carbocycles. The molecule has 14 heavy (non-hydrogen) atoms. The molecule has 0 aliphatic carbocycles. The van der Waals surface area contributed by atoms with Crippen LogP contribution in [0.1, 0.15) is 0 Å². The van der Waals surface area contributed by atoms with Crippen molar-refractivity contribution in [3.05, 3.63) is 0 Å². The van der Waals surface area contributed by atoms with Crippen molar-refractivity contribution >= 4 is 14.0 Å². The minimum Gasteiger partial charge on any atom is -0.822 e. The van der Waals surface area contributed by atoms with Crippen LogP contribution in [-0.2, 0) is 4.57 Å². The molecule has 0 unspecified atom stereocenters. The topological polar surface area (TPSA) is 149 Å². The van der Waals surface area contributed by atoms with E-state index in [0.29, 0.717) is 0 Å². The molecule has 0 aliphatic heterocycles. The van der Waals surface area contributed by atoms with E-state index < -0.39 is 14.0 Å². The van der Waals surface area contributed by atoms with E-state index in [1.165, 1.54) is 0 Å². The fourth-order valence-corrected chi connectivity index (χ4v) is 0. The summed E-state index contributed by atoms with van der Waals surface area (Å²) in [7, 11) is -5.39. The minimum atomic E-state index is -5.39. The van der Waals surface area contributed by atoms with Gasteiger partial charge in [0.25, 0.3) is 0 Å². The summed E-state index contributed by atoms with van der Waals surface area (Å²) < 4.78 is 8.55. The second-order valence-electron chi connectivity index (χ2n) is 0.697. The molecule has 0 fully saturated rings. The smallest absolute Gasteiger partial charge is 0.822 e. The van der Waals surface area contributed by atoms with Crippen LogP contribution in [0.3, 0.4) is 0 Å². The van der Waals surface area contributed by atoms with Crippen molar-refractivity contribution in [1.82, 2.24) is 0 Å². The Kier molecular flexibility index (Phi) is 88.1. The van der Waals surface area contributed by atoms with Crippen LogP contribution >= 0.6 is 7.82 Å². The summed E-state index contributed by atoms with van der Waals surface area (Å²) in [4.78, 5) is 34.0. The summed E-state index contributed by atoms with van der Waals surface area (Å²) in [5.41, 5.74) is 0. The second kappa shape index (κ2) is 28.7. The quantitative estimate of drug-likeness (QED) is 0.311. The maximum Gasteiger partial charge on any atom is 1.00 e. The molecule has 0 saturated heterocycles. The van der Waals surface area contributed by atoms with E-state index in [1.54, 1.807) is 0 Å². The third kappa shape index (κ3) is 118. The molecule has 0 aromatic rings. The Balaban J connectivity index is -0.0000000104. The van der Waals surface area contributed by atoms with Crippen LogP contribution in [0.15, 0.2) is 0 Å². The molecular formula is CK5O7P. The monoisotopic (exact) mass is 350 g/mol. The van der Waals surface area contributed by atoms with Crippen molar-refractivity contribution in [1.29, 1.82) is 0 Å². The Labute approximate surface area is 294 Å². The van der Waals surface area contributed by atoms with Gasteiger partial charge in [-0.2, -0.15) is 7.82 Å². The van der Waals surface area contributed by atoms with Crippen molar-refractivity contribution in [3.8, 4) is 0 Å². The van der Waals surface area contributed by atoms with E-state index in [4.69, 9.17) is 34.3 Å². The fourth-order valence-electron chi connectivity index (χ4n) is 0. The average Bonchev–Trinajstić information content (AvgIpc) is 1.19. The van der Waals surface area contributed by atoms with Gasteiger partial charge in [-0.1, -0.05) is 0 Å². The number of rotatable bonds is 0. The van der Waals surface area contributed by atoms with E-state index in [2.05, 4.69) is 0 Å². The van der Waals surface area contributed by atoms with Crippen LogP contribution < -0.4 is 282 Å². The predicted molar refractivity (Wildman–Crippen MR) is 13.0 cm³/mol. The first-order valence-corrected chi connectivity index (χ1v) is 2.80. The summed E-state index contributed by atoms with van der Waals surface area (Å²) >= 11 is 0. The molecule has 0 bridgehead atoms. The van der Waals surface area contributed by atoms with Gasteiger partial charge in [-0.15, -0.1) is 0 Å². The van der Waals surface area contributed by atoms with Gasteiger partial charge in [-0.3, -0.25) is 0 Å². The summed E-state index contributed by atoms with van der Waals surface area (Å²) in [5, 5.41) is 16.7. The van der Waals surface area contributed by atoms with Crippen molar-refractivity contribution in [2.45, 2.75) is 0 Å². The van der Waals surface area contributed by atoms with Gasteiger partial charge in [0.05, 0.1) is 0 Å². The van der Waals surface area contributed by atoms with E-state index in [1.807, 2.05) is 0 Å². The van der Waals surface area contributed by atoms with Crippen LogP contribution in [0.2, 0.25) is 0 Å². The molecule has 0 aromatic carbocycles. The number of phosphoric acid groups is 1. The molecule has 0 amide bonds. The Hall–Kier alpha value is 7.56. The Morgan fingerprint density at radius 1 is 0.786 bits per heavy atom. The van der Waals surface area contributed by atoms with Gasteiger partial charge in [0, 0.05) is 0 Å². The van der Waals surface area contributed by atoms with Crippen molar-refractivity contribution < 1.29 is 291 Å². The maximum absolute atomic E-state index is 8.55. The van der Waals surface area contributed by atoms with Crippen LogP contribution in [0, 0.1) is 0 Å². The van der Waals surface area contributed by atoms with Crippen LogP contribution in [0.4, 0.5) is 4.79 Å². The third-order valence-electron chi connectivity index (χ3n) is 0. The number of hydrogen-bond acceptors (Lipinski definition) is 7. The molecule has 0 radical (unpaired) electrons. The normalized spacial score (nSPS) is 5.93. The van der Waals surface area contributed by atoms with Gasteiger partial charge in [-0.05, 0) is 6.16 Å². The maximum atomic E-state index is 8.55. The van der Waals surface area contributed by atoms with Crippen LogP contribution in [0.25, 0.3) is 0 Å².